The van der Waals surface area contributed by atoms with E-state index < -0.39 is 5.97 Å². The lowest BCUT2D eigenvalue weighted by Gasteiger charge is -2.38. The number of carboxylic acid groups (broad SMARTS) is 1. The molecular formula is C32H34O2. The number of aromatic carboxylic acids is 1. The van der Waals surface area contributed by atoms with Crippen molar-refractivity contribution in [1.82, 2.24) is 0 Å². The third kappa shape index (κ3) is 4.77. The molecule has 2 aliphatic rings. The zero-order valence-corrected chi connectivity index (χ0v) is 20.6. The highest BCUT2D eigenvalue weighted by molar-refractivity contribution is 5.89. The van der Waals surface area contributed by atoms with Crippen LogP contribution in [0.3, 0.4) is 0 Å². The molecule has 2 aromatic carbocycles. The van der Waals surface area contributed by atoms with E-state index in [0.717, 1.165) is 30.4 Å². The van der Waals surface area contributed by atoms with Gasteiger partial charge in [0.25, 0.3) is 0 Å². The largest absolute Gasteiger partial charge is 0.478 e. The Balaban J connectivity index is 1.75. The van der Waals surface area contributed by atoms with Gasteiger partial charge in [-0.1, -0.05) is 86.7 Å². The smallest absolute Gasteiger partial charge is 0.335 e. The van der Waals surface area contributed by atoms with E-state index in [1.54, 1.807) is 12.1 Å². The molecule has 2 aromatic rings. The van der Waals surface area contributed by atoms with Gasteiger partial charge in [-0.25, -0.2) is 4.79 Å². The fourth-order valence-corrected chi connectivity index (χ4v) is 5.20. The van der Waals surface area contributed by atoms with E-state index in [4.69, 9.17) is 0 Å². The van der Waals surface area contributed by atoms with E-state index in [1.165, 1.54) is 27.8 Å². The van der Waals surface area contributed by atoms with Crippen molar-refractivity contribution in [2.45, 2.75) is 58.3 Å². The maximum Gasteiger partial charge on any atom is 0.335 e. The van der Waals surface area contributed by atoms with Crippen LogP contribution in [0.2, 0.25) is 0 Å². The Morgan fingerprint density at radius 2 is 1.82 bits per heavy atom. The number of carbonyl (C=O) groups is 1. The molecule has 0 aromatic heterocycles. The van der Waals surface area contributed by atoms with E-state index in [2.05, 4.69) is 88.4 Å². The average molecular weight is 451 g/mol. The predicted octanol–water partition coefficient (Wildman–Crippen LogP) is 8.27. The van der Waals surface area contributed by atoms with Gasteiger partial charge in [-0.2, -0.15) is 0 Å². The number of rotatable bonds is 5. The molecule has 0 saturated heterocycles. The van der Waals surface area contributed by atoms with Gasteiger partial charge in [0.1, 0.15) is 0 Å². The lowest BCUT2D eigenvalue weighted by molar-refractivity contribution is 0.0697. The Labute approximate surface area is 203 Å². The lowest BCUT2D eigenvalue weighted by atomic mass is 9.66. The zero-order valence-electron chi connectivity index (χ0n) is 20.6. The van der Waals surface area contributed by atoms with Crippen molar-refractivity contribution in [1.29, 1.82) is 0 Å². The highest BCUT2D eigenvalue weighted by Gasteiger charge is 2.34. The number of benzene rings is 2. The van der Waals surface area contributed by atoms with Crippen LogP contribution in [-0.4, -0.2) is 11.1 Å². The van der Waals surface area contributed by atoms with Crippen molar-refractivity contribution in [3.63, 3.8) is 0 Å². The number of allylic oxidation sites excluding steroid dienone is 9. The lowest BCUT2D eigenvalue weighted by Crippen LogP contribution is -2.27. The number of hydrogen-bond acceptors (Lipinski definition) is 1. The van der Waals surface area contributed by atoms with Gasteiger partial charge in [-0.3, -0.25) is 0 Å². The molecule has 0 fully saturated rings. The summed E-state index contributed by atoms with van der Waals surface area (Å²) in [7, 11) is 0. The molecule has 1 N–H and O–H groups in total. The van der Waals surface area contributed by atoms with E-state index in [9.17, 15) is 9.90 Å². The summed E-state index contributed by atoms with van der Waals surface area (Å²) in [6, 6.07) is 12.0. The Kier molecular flexibility index (Phi) is 6.88. The molecule has 0 aliphatic heterocycles. The summed E-state index contributed by atoms with van der Waals surface area (Å²) < 4.78 is 0. The summed E-state index contributed by atoms with van der Waals surface area (Å²) in [5.41, 5.74) is 9.55. The molecule has 0 bridgehead atoms. The van der Waals surface area contributed by atoms with E-state index in [1.807, 2.05) is 12.1 Å². The summed E-state index contributed by atoms with van der Waals surface area (Å²) in [6.45, 7) is 8.89. The highest BCUT2D eigenvalue weighted by atomic mass is 16.4. The van der Waals surface area contributed by atoms with Crippen LogP contribution in [0.1, 0.15) is 84.6 Å². The van der Waals surface area contributed by atoms with E-state index in [0.29, 0.717) is 11.5 Å². The second kappa shape index (κ2) is 9.85. The van der Waals surface area contributed by atoms with Crippen LogP contribution < -0.4 is 0 Å². The van der Waals surface area contributed by atoms with Crippen molar-refractivity contribution in [2.75, 3.05) is 0 Å². The van der Waals surface area contributed by atoms with Crippen molar-refractivity contribution in [3.05, 3.63) is 118 Å². The molecule has 174 valence electrons. The standard InChI is InChI=1S/C32H34O2/c1-5-7-9-24(8-6-2)28-18-19-32(3,4)30-21-27-17-13-23(12-16-26(27)20-29(28)30)22-10-14-25(15-11-22)31(33)34/h5-15,17,20-21,28H,16,18-19H2,1-4H3,(H,33,34)/b7-5-,8-6+,24-9+. The van der Waals surface area contributed by atoms with Crippen LogP contribution in [0.4, 0.5) is 0 Å². The van der Waals surface area contributed by atoms with Crippen LogP contribution in [0.15, 0.2) is 84.5 Å². The normalized spacial score (nSPS) is 19.6. The van der Waals surface area contributed by atoms with Gasteiger partial charge >= 0.3 is 5.97 Å². The van der Waals surface area contributed by atoms with E-state index in [-0.39, 0.29) is 5.41 Å². The zero-order chi connectivity index (χ0) is 24.3. The van der Waals surface area contributed by atoms with Crippen molar-refractivity contribution in [2.24, 2.45) is 0 Å². The molecule has 0 heterocycles. The molecule has 2 nitrogen and oxygen atoms in total. The summed E-state index contributed by atoms with van der Waals surface area (Å²) in [5, 5.41) is 9.20. The molecule has 2 aliphatic carbocycles. The summed E-state index contributed by atoms with van der Waals surface area (Å²) >= 11 is 0. The van der Waals surface area contributed by atoms with Gasteiger partial charge in [0, 0.05) is 5.92 Å². The molecule has 0 spiro atoms. The molecule has 34 heavy (non-hydrogen) atoms. The predicted molar refractivity (Wildman–Crippen MR) is 143 cm³/mol. The Hall–Kier alpha value is -3.39. The van der Waals surface area contributed by atoms with E-state index >= 15 is 0 Å². The fourth-order valence-electron chi connectivity index (χ4n) is 5.20. The minimum Gasteiger partial charge on any atom is -0.478 e. The first-order valence-corrected chi connectivity index (χ1v) is 12.2. The topological polar surface area (TPSA) is 37.3 Å². The van der Waals surface area contributed by atoms with Crippen LogP contribution in [0, 0.1) is 0 Å². The Morgan fingerprint density at radius 1 is 1.06 bits per heavy atom. The summed E-state index contributed by atoms with van der Waals surface area (Å²) in [6.07, 6.45) is 20.7. The van der Waals surface area contributed by atoms with Gasteiger partial charge in [0.05, 0.1) is 5.56 Å². The first-order valence-electron chi connectivity index (χ1n) is 12.2. The SMILES string of the molecule is C\C=C/C=C(\C=C\C)C1CCC(C)(C)c2cc3c(cc21)CC=C(c1ccc(C(=O)O)cc1)C=C3. The molecule has 4 rings (SSSR count). The molecule has 0 radical (unpaired) electrons. The van der Waals surface area contributed by atoms with Gasteiger partial charge < -0.3 is 5.11 Å². The van der Waals surface area contributed by atoms with Gasteiger partial charge in [-0.05, 0) is 89.6 Å². The molecule has 0 saturated carbocycles. The quantitative estimate of drug-likeness (QED) is 0.465. The first-order chi connectivity index (χ1) is 16.3. The van der Waals surface area contributed by atoms with Gasteiger partial charge in [0.15, 0.2) is 0 Å². The summed E-state index contributed by atoms with van der Waals surface area (Å²) in [5.74, 6) is -0.493. The molecule has 0 amide bonds. The average Bonchev–Trinajstić information content (AvgIpc) is 3.03. The number of carboxylic acids is 1. The Morgan fingerprint density at radius 3 is 2.50 bits per heavy atom. The minimum atomic E-state index is -0.896. The van der Waals surface area contributed by atoms with Crippen molar-refractivity contribution < 1.29 is 9.90 Å². The van der Waals surface area contributed by atoms with Crippen LogP contribution in [0.5, 0.6) is 0 Å². The maximum absolute atomic E-state index is 11.2. The second-order valence-electron chi connectivity index (χ2n) is 9.89. The summed E-state index contributed by atoms with van der Waals surface area (Å²) in [4.78, 5) is 11.2. The number of hydrogen-bond donors (Lipinski definition) is 1. The second-order valence-corrected chi connectivity index (χ2v) is 9.89. The van der Waals surface area contributed by atoms with Gasteiger partial charge in [-0.15, -0.1) is 0 Å². The molecule has 1 atom stereocenters. The fraction of sp³-hybridized carbons (Fsp3) is 0.281. The van der Waals surface area contributed by atoms with Crippen LogP contribution in [0.25, 0.3) is 11.6 Å². The third-order valence-electron chi connectivity index (χ3n) is 7.17. The van der Waals surface area contributed by atoms with Crippen molar-refractivity contribution >= 4 is 17.6 Å². The minimum absolute atomic E-state index is 0.144. The molecule has 2 heteroatoms. The van der Waals surface area contributed by atoms with Crippen LogP contribution in [-0.2, 0) is 11.8 Å². The Bertz CT molecular complexity index is 1230. The molecule has 1 unspecified atom stereocenters. The van der Waals surface area contributed by atoms with Crippen molar-refractivity contribution in [3.8, 4) is 0 Å². The third-order valence-corrected chi connectivity index (χ3v) is 7.17. The monoisotopic (exact) mass is 450 g/mol. The van der Waals surface area contributed by atoms with Crippen LogP contribution >= 0.6 is 0 Å². The molecular weight excluding hydrogens is 416 g/mol. The van der Waals surface area contributed by atoms with Gasteiger partial charge in [0.2, 0.25) is 0 Å². The highest BCUT2D eigenvalue weighted by Crippen LogP contribution is 2.47. The maximum atomic E-state index is 11.2. The first kappa shape index (κ1) is 23.8. The number of fused-ring (bicyclic) bond motifs is 2.